The highest BCUT2D eigenvalue weighted by atomic mass is 32.2. The number of nitrogens with zero attached hydrogens (tertiary/aromatic N) is 3. The summed E-state index contributed by atoms with van der Waals surface area (Å²) in [5.74, 6) is 3.91. The van der Waals surface area contributed by atoms with Crippen LogP contribution in [0.2, 0.25) is 0 Å². The summed E-state index contributed by atoms with van der Waals surface area (Å²) < 4.78 is 46.8. The lowest BCUT2D eigenvalue weighted by Gasteiger charge is -2.26. The number of aliphatic hydroxyl groups is 2. The predicted molar refractivity (Wildman–Crippen MR) is 115 cm³/mol. The molecule has 1 fully saturated rings. The standard InChI is InChI=1S/C23H20FN3O5S/c1-2-3-16-4-7-22(18(8-16)11-26)33(30,31)27-12-19(23(29,14-27)15-28)13-32-20-6-5-17(10-25)21(24)9-20/h4-9,19,28-29H,12-15H2,1H3/t19-,23-/m1/s1. The zero-order valence-corrected chi connectivity index (χ0v) is 18.4. The largest absolute Gasteiger partial charge is 0.493 e. The summed E-state index contributed by atoms with van der Waals surface area (Å²) in [5, 5.41) is 38.9. The molecule has 0 aliphatic carbocycles. The summed E-state index contributed by atoms with van der Waals surface area (Å²) in [6.45, 7) is 0.0587. The number of aliphatic hydroxyl groups excluding tert-OH is 1. The molecule has 2 aromatic carbocycles. The summed E-state index contributed by atoms with van der Waals surface area (Å²) >= 11 is 0. The van der Waals surface area contributed by atoms with Gasteiger partial charge in [-0.15, -0.1) is 5.92 Å². The van der Waals surface area contributed by atoms with Crippen molar-refractivity contribution in [3.63, 3.8) is 0 Å². The number of halogens is 1. The Hall–Kier alpha value is -3.46. The minimum atomic E-state index is -4.19. The Bertz CT molecular complexity index is 1320. The van der Waals surface area contributed by atoms with Crippen molar-refractivity contribution < 1.29 is 27.8 Å². The molecular weight excluding hydrogens is 449 g/mol. The molecule has 0 spiro atoms. The maximum Gasteiger partial charge on any atom is 0.244 e. The third-order valence-electron chi connectivity index (χ3n) is 5.41. The van der Waals surface area contributed by atoms with Crippen molar-refractivity contribution in [1.29, 1.82) is 10.5 Å². The SMILES string of the molecule is CC#Cc1ccc(S(=O)(=O)N2C[C@H](COc3ccc(C#N)c(F)c3)[C@](O)(CO)C2)c(C#N)c1. The van der Waals surface area contributed by atoms with Crippen molar-refractivity contribution in [3.8, 4) is 29.7 Å². The molecule has 1 aliphatic heterocycles. The molecule has 2 N–H and O–H groups in total. The molecule has 0 saturated carbocycles. The van der Waals surface area contributed by atoms with E-state index in [0.717, 1.165) is 10.4 Å². The number of rotatable bonds is 6. The molecule has 2 aromatic rings. The fourth-order valence-corrected chi connectivity index (χ4v) is 5.23. The lowest BCUT2D eigenvalue weighted by Crippen LogP contribution is -2.44. The van der Waals surface area contributed by atoms with E-state index in [1.807, 2.05) is 6.07 Å². The maximum atomic E-state index is 13.8. The van der Waals surface area contributed by atoms with E-state index in [1.54, 1.807) is 13.0 Å². The van der Waals surface area contributed by atoms with Gasteiger partial charge in [-0.05, 0) is 37.3 Å². The molecule has 2 atom stereocenters. The van der Waals surface area contributed by atoms with E-state index in [2.05, 4.69) is 11.8 Å². The number of sulfonamides is 1. The van der Waals surface area contributed by atoms with Gasteiger partial charge in [0.25, 0.3) is 0 Å². The molecule has 8 nitrogen and oxygen atoms in total. The molecule has 1 aliphatic rings. The van der Waals surface area contributed by atoms with E-state index in [-0.39, 0.29) is 34.9 Å². The van der Waals surface area contributed by atoms with Crippen molar-refractivity contribution in [3.05, 3.63) is 58.9 Å². The van der Waals surface area contributed by atoms with Crippen molar-refractivity contribution in [2.45, 2.75) is 17.4 Å². The molecule has 33 heavy (non-hydrogen) atoms. The van der Waals surface area contributed by atoms with Gasteiger partial charge < -0.3 is 14.9 Å². The van der Waals surface area contributed by atoms with Crippen LogP contribution < -0.4 is 4.74 Å². The number of nitriles is 2. The number of ether oxygens (including phenoxy) is 1. The van der Waals surface area contributed by atoms with Gasteiger partial charge >= 0.3 is 0 Å². The zero-order valence-electron chi connectivity index (χ0n) is 17.6. The first-order valence-electron chi connectivity index (χ1n) is 9.81. The molecule has 3 rings (SSSR count). The Labute approximate surface area is 191 Å². The Balaban J connectivity index is 1.84. The smallest absolute Gasteiger partial charge is 0.244 e. The molecule has 0 radical (unpaired) electrons. The molecule has 1 heterocycles. The zero-order chi connectivity index (χ0) is 24.2. The van der Waals surface area contributed by atoms with Gasteiger partial charge in [-0.25, -0.2) is 12.8 Å². The van der Waals surface area contributed by atoms with Crippen molar-refractivity contribution in [1.82, 2.24) is 4.31 Å². The summed E-state index contributed by atoms with van der Waals surface area (Å²) in [6.07, 6.45) is 0. The van der Waals surface area contributed by atoms with Crippen LogP contribution in [0, 0.1) is 46.2 Å². The van der Waals surface area contributed by atoms with Crippen LogP contribution in [0.5, 0.6) is 5.75 Å². The third-order valence-corrected chi connectivity index (χ3v) is 7.28. The van der Waals surface area contributed by atoms with Gasteiger partial charge in [0.05, 0.1) is 24.3 Å². The van der Waals surface area contributed by atoms with Crippen LogP contribution in [0.3, 0.4) is 0 Å². The summed E-state index contributed by atoms with van der Waals surface area (Å²) in [4.78, 5) is -0.234. The number of β-amino-alcohol motifs (C(OH)–C–C–N with tert-alkyl or cyclic N) is 1. The minimum absolute atomic E-state index is 0.0875. The number of benzene rings is 2. The molecular formula is C23H20FN3O5S. The van der Waals surface area contributed by atoms with Gasteiger partial charge in [0.15, 0.2) is 0 Å². The average molecular weight is 469 g/mol. The van der Waals surface area contributed by atoms with Crippen LogP contribution in [0.4, 0.5) is 4.39 Å². The first kappa shape index (κ1) is 24.2. The quantitative estimate of drug-likeness (QED) is 0.610. The maximum absolute atomic E-state index is 13.8. The second-order valence-corrected chi connectivity index (χ2v) is 9.42. The van der Waals surface area contributed by atoms with E-state index in [4.69, 9.17) is 10.00 Å². The summed E-state index contributed by atoms with van der Waals surface area (Å²) in [6, 6.07) is 11.3. The topological polar surface area (TPSA) is 135 Å². The monoisotopic (exact) mass is 469 g/mol. The minimum Gasteiger partial charge on any atom is -0.493 e. The third kappa shape index (κ3) is 4.83. The van der Waals surface area contributed by atoms with Crippen LogP contribution in [-0.4, -0.2) is 54.8 Å². The molecule has 10 heteroatoms. The second-order valence-electron chi connectivity index (χ2n) is 7.52. The Morgan fingerprint density at radius 3 is 2.55 bits per heavy atom. The van der Waals surface area contributed by atoms with Gasteiger partial charge in [-0.3, -0.25) is 0 Å². The van der Waals surface area contributed by atoms with Crippen LogP contribution in [0.25, 0.3) is 0 Å². The predicted octanol–water partition coefficient (Wildman–Crippen LogP) is 1.36. The van der Waals surface area contributed by atoms with E-state index in [9.17, 15) is 28.3 Å². The van der Waals surface area contributed by atoms with E-state index >= 15 is 0 Å². The van der Waals surface area contributed by atoms with E-state index < -0.39 is 40.5 Å². The lowest BCUT2D eigenvalue weighted by molar-refractivity contribution is -0.0452. The van der Waals surface area contributed by atoms with Crippen LogP contribution in [0.15, 0.2) is 41.3 Å². The fourth-order valence-electron chi connectivity index (χ4n) is 3.56. The van der Waals surface area contributed by atoms with Crippen molar-refractivity contribution in [2.75, 3.05) is 26.3 Å². The highest BCUT2D eigenvalue weighted by molar-refractivity contribution is 7.89. The molecule has 0 amide bonds. The number of hydrogen-bond donors (Lipinski definition) is 2. The van der Waals surface area contributed by atoms with Crippen molar-refractivity contribution in [2.24, 2.45) is 5.92 Å². The van der Waals surface area contributed by atoms with Crippen molar-refractivity contribution >= 4 is 10.0 Å². The van der Waals surface area contributed by atoms with Gasteiger partial charge in [-0.2, -0.15) is 14.8 Å². The normalized spacial score (nSPS) is 20.4. The highest BCUT2D eigenvalue weighted by Crippen LogP contribution is 2.33. The average Bonchev–Trinajstić information content (AvgIpc) is 3.15. The van der Waals surface area contributed by atoms with E-state index in [1.165, 1.54) is 30.3 Å². The first-order chi connectivity index (χ1) is 15.7. The first-order valence-corrected chi connectivity index (χ1v) is 11.2. The lowest BCUT2D eigenvalue weighted by atomic mass is 9.92. The summed E-state index contributed by atoms with van der Waals surface area (Å²) in [5.41, 5.74) is -1.56. The summed E-state index contributed by atoms with van der Waals surface area (Å²) in [7, 11) is -4.19. The second kappa shape index (κ2) is 9.58. The van der Waals surface area contributed by atoms with Crippen LogP contribution >= 0.6 is 0 Å². The van der Waals surface area contributed by atoms with E-state index in [0.29, 0.717) is 5.56 Å². The Morgan fingerprint density at radius 2 is 1.94 bits per heavy atom. The molecule has 0 bridgehead atoms. The Morgan fingerprint density at radius 1 is 1.21 bits per heavy atom. The van der Waals surface area contributed by atoms with Gasteiger partial charge in [0.1, 0.15) is 34.2 Å². The van der Waals surface area contributed by atoms with Gasteiger partial charge in [0, 0.05) is 30.6 Å². The number of hydrogen-bond acceptors (Lipinski definition) is 7. The highest BCUT2D eigenvalue weighted by Gasteiger charge is 2.49. The van der Waals surface area contributed by atoms with Gasteiger partial charge in [0.2, 0.25) is 10.0 Å². The molecule has 170 valence electrons. The van der Waals surface area contributed by atoms with Crippen LogP contribution in [0.1, 0.15) is 23.6 Å². The van der Waals surface area contributed by atoms with Gasteiger partial charge in [-0.1, -0.05) is 5.92 Å². The molecule has 0 aromatic heterocycles. The fraction of sp³-hybridized carbons (Fsp3) is 0.304. The Kier molecular flexibility index (Phi) is 7.02. The molecule has 1 saturated heterocycles. The van der Waals surface area contributed by atoms with Crippen LogP contribution in [-0.2, 0) is 10.0 Å². The molecule has 0 unspecified atom stereocenters.